The van der Waals surface area contributed by atoms with Gasteiger partial charge in [-0.3, -0.25) is 4.99 Å². The Kier molecular flexibility index (Phi) is 4.39. The monoisotopic (exact) mass is 281 g/mol. The van der Waals surface area contributed by atoms with Gasteiger partial charge in [0.25, 0.3) is 0 Å². The van der Waals surface area contributed by atoms with Crippen LogP contribution >= 0.6 is 0 Å². The van der Waals surface area contributed by atoms with Gasteiger partial charge in [-0.1, -0.05) is 55.3 Å². The molecule has 0 spiro atoms. The number of nitrogens with one attached hydrogen (secondary N) is 2. The molecule has 2 N–H and O–H groups in total. The maximum Gasteiger partial charge on any atom is 0.191 e. The summed E-state index contributed by atoms with van der Waals surface area (Å²) in [7, 11) is 1.84. The minimum atomic E-state index is 0.587. The molecular formula is C18H23N3. The molecule has 0 aromatic heterocycles. The molecule has 3 heteroatoms. The van der Waals surface area contributed by atoms with Crippen molar-refractivity contribution in [2.75, 3.05) is 7.05 Å². The summed E-state index contributed by atoms with van der Waals surface area (Å²) in [6.07, 6.45) is 5.18. The molecule has 2 aromatic rings. The van der Waals surface area contributed by atoms with Crippen molar-refractivity contribution in [3.05, 3.63) is 48.0 Å². The van der Waals surface area contributed by atoms with Gasteiger partial charge in [0.1, 0.15) is 0 Å². The summed E-state index contributed by atoms with van der Waals surface area (Å²) in [5.74, 6) is 0.912. The van der Waals surface area contributed by atoms with E-state index in [4.69, 9.17) is 0 Å². The lowest BCUT2D eigenvalue weighted by Gasteiger charge is -2.17. The van der Waals surface area contributed by atoms with Crippen LogP contribution in [0.5, 0.6) is 0 Å². The van der Waals surface area contributed by atoms with Crippen LogP contribution in [0.1, 0.15) is 31.2 Å². The summed E-state index contributed by atoms with van der Waals surface area (Å²) in [4.78, 5) is 4.34. The Labute approximate surface area is 126 Å². The topological polar surface area (TPSA) is 36.4 Å². The minimum absolute atomic E-state index is 0.587. The maximum absolute atomic E-state index is 4.34. The van der Waals surface area contributed by atoms with Crippen molar-refractivity contribution in [2.45, 2.75) is 38.3 Å². The summed E-state index contributed by atoms with van der Waals surface area (Å²) < 4.78 is 0. The SMILES string of the molecule is CN=C(NCc1cccc2ccccc12)NC1CCCC1. The summed E-state index contributed by atoms with van der Waals surface area (Å²) in [5, 5.41) is 9.56. The van der Waals surface area contributed by atoms with Crippen molar-refractivity contribution < 1.29 is 0 Å². The molecule has 0 bridgehead atoms. The molecule has 110 valence electrons. The Balaban J connectivity index is 1.67. The summed E-state index contributed by atoms with van der Waals surface area (Å²) in [6.45, 7) is 0.799. The van der Waals surface area contributed by atoms with Gasteiger partial charge in [-0.25, -0.2) is 0 Å². The first kappa shape index (κ1) is 13.9. The Bertz CT molecular complexity index is 622. The first-order valence-corrected chi connectivity index (χ1v) is 7.80. The van der Waals surface area contributed by atoms with Crippen LogP contribution in [0.15, 0.2) is 47.5 Å². The Morgan fingerprint density at radius 1 is 1.10 bits per heavy atom. The first-order valence-electron chi connectivity index (χ1n) is 7.80. The smallest absolute Gasteiger partial charge is 0.191 e. The fraction of sp³-hybridized carbons (Fsp3) is 0.389. The fourth-order valence-electron chi connectivity index (χ4n) is 3.08. The van der Waals surface area contributed by atoms with Gasteiger partial charge in [-0.05, 0) is 29.2 Å². The number of guanidine groups is 1. The highest BCUT2D eigenvalue weighted by molar-refractivity contribution is 5.86. The molecule has 21 heavy (non-hydrogen) atoms. The van der Waals surface area contributed by atoms with Gasteiger partial charge in [0.15, 0.2) is 5.96 Å². The zero-order valence-corrected chi connectivity index (χ0v) is 12.6. The van der Waals surface area contributed by atoms with Crippen molar-refractivity contribution in [2.24, 2.45) is 4.99 Å². The van der Waals surface area contributed by atoms with Crippen molar-refractivity contribution in [1.29, 1.82) is 0 Å². The zero-order valence-electron chi connectivity index (χ0n) is 12.6. The highest BCUT2D eigenvalue weighted by Gasteiger charge is 2.15. The maximum atomic E-state index is 4.34. The van der Waals surface area contributed by atoms with E-state index in [0.29, 0.717) is 6.04 Å². The van der Waals surface area contributed by atoms with Gasteiger partial charge in [-0.15, -0.1) is 0 Å². The normalized spacial score (nSPS) is 16.3. The highest BCUT2D eigenvalue weighted by atomic mass is 15.2. The van der Waals surface area contributed by atoms with Crippen LogP contribution in [-0.2, 0) is 6.54 Å². The second-order valence-electron chi connectivity index (χ2n) is 5.69. The van der Waals surface area contributed by atoms with Crippen LogP contribution in [0, 0.1) is 0 Å². The quantitative estimate of drug-likeness (QED) is 0.668. The van der Waals surface area contributed by atoms with Crippen LogP contribution in [0.3, 0.4) is 0 Å². The molecule has 1 aliphatic carbocycles. The molecule has 3 rings (SSSR count). The van der Waals surface area contributed by atoms with Crippen LogP contribution in [-0.4, -0.2) is 19.0 Å². The Morgan fingerprint density at radius 2 is 1.86 bits per heavy atom. The fourth-order valence-corrected chi connectivity index (χ4v) is 3.08. The average Bonchev–Trinajstić information content (AvgIpc) is 3.04. The van der Waals surface area contributed by atoms with Crippen LogP contribution in [0.2, 0.25) is 0 Å². The Hall–Kier alpha value is -2.03. The van der Waals surface area contributed by atoms with Crippen molar-refractivity contribution in [3.8, 4) is 0 Å². The number of rotatable bonds is 3. The third kappa shape index (κ3) is 3.35. The van der Waals surface area contributed by atoms with Gasteiger partial charge in [0, 0.05) is 19.6 Å². The average molecular weight is 281 g/mol. The summed E-state index contributed by atoms with van der Waals surface area (Å²) in [6, 6.07) is 15.6. The van der Waals surface area contributed by atoms with E-state index in [0.717, 1.165) is 12.5 Å². The number of benzene rings is 2. The van der Waals surface area contributed by atoms with Gasteiger partial charge in [0.05, 0.1) is 0 Å². The van der Waals surface area contributed by atoms with E-state index in [2.05, 4.69) is 58.1 Å². The molecule has 1 saturated carbocycles. The third-order valence-corrected chi connectivity index (χ3v) is 4.25. The predicted octanol–water partition coefficient (Wildman–Crippen LogP) is 3.45. The van der Waals surface area contributed by atoms with Gasteiger partial charge >= 0.3 is 0 Å². The molecule has 1 aliphatic rings. The molecule has 2 aromatic carbocycles. The molecule has 0 radical (unpaired) electrons. The first-order chi connectivity index (χ1) is 10.4. The predicted molar refractivity (Wildman–Crippen MR) is 89.5 cm³/mol. The zero-order chi connectivity index (χ0) is 14.5. The van der Waals surface area contributed by atoms with E-state index >= 15 is 0 Å². The number of fused-ring (bicyclic) bond motifs is 1. The lowest BCUT2D eigenvalue weighted by molar-refractivity contribution is 0.613. The van der Waals surface area contributed by atoms with E-state index in [9.17, 15) is 0 Å². The number of hydrogen-bond donors (Lipinski definition) is 2. The van der Waals surface area contributed by atoms with Crippen molar-refractivity contribution in [3.63, 3.8) is 0 Å². The van der Waals surface area contributed by atoms with Crippen molar-refractivity contribution in [1.82, 2.24) is 10.6 Å². The second-order valence-corrected chi connectivity index (χ2v) is 5.69. The third-order valence-electron chi connectivity index (χ3n) is 4.25. The van der Waals surface area contributed by atoms with Gasteiger partial charge in [0.2, 0.25) is 0 Å². The number of nitrogens with zero attached hydrogens (tertiary/aromatic N) is 1. The van der Waals surface area contributed by atoms with E-state index in [1.807, 2.05) is 7.05 Å². The van der Waals surface area contributed by atoms with E-state index in [1.54, 1.807) is 0 Å². The number of aliphatic imine (C=N–C) groups is 1. The lowest BCUT2D eigenvalue weighted by Crippen LogP contribution is -2.41. The molecule has 0 heterocycles. The molecule has 0 unspecified atom stereocenters. The van der Waals surface area contributed by atoms with Crippen LogP contribution in [0.4, 0.5) is 0 Å². The highest BCUT2D eigenvalue weighted by Crippen LogP contribution is 2.19. The largest absolute Gasteiger partial charge is 0.354 e. The van der Waals surface area contributed by atoms with Gasteiger partial charge < -0.3 is 10.6 Å². The van der Waals surface area contributed by atoms with E-state index in [1.165, 1.54) is 42.0 Å². The molecule has 0 atom stereocenters. The van der Waals surface area contributed by atoms with Gasteiger partial charge in [-0.2, -0.15) is 0 Å². The molecule has 0 aliphatic heterocycles. The lowest BCUT2D eigenvalue weighted by atomic mass is 10.0. The summed E-state index contributed by atoms with van der Waals surface area (Å²) in [5.41, 5.74) is 1.31. The molecular weight excluding hydrogens is 258 g/mol. The van der Waals surface area contributed by atoms with E-state index < -0.39 is 0 Å². The minimum Gasteiger partial charge on any atom is -0.354 e. The Morgan fingerprint density at radius 3 is 2.67 bits per heavy atom. The molecule has 1 fully saturated rings. The van der Waals surface area contributed by atoms with Crippen molar-refractivity contribution >= 4 is 16.7 Å². The van der Waals surface area contributed by atoms with Crippen LogP contribution in [0.25, 0.3) is 10.8 Å². The second kappa shape index (κ2) is 6.61. The molecule has 0 saturated heterocycles. The number of hydrogen-bond acceptors (Lipinski definition) is 1. The molecule has 0 amide bonds. The summed E-state index contributed by atoms with van der Waals surface area (Å²) >= 11 is 0. The molecule has 3 nitrogen and oxygen atoms in total. The van der Waals surface area contributed by atoms with Crippen LogP contribution < -0.4 is 10.6 Å². The standard InChI is InChI=1S/C18H23N3/c1-19-18(21-16-10-3-4-11-16)20-13-15-9-6-8-14-7-2-5-12-17(14)15/h2,5-9,12,16H,3-4,10-11,13H2,1H3,(H2,19,20,21). The van der Waals surface area contributed by atoms with E-state index in [-0.39, 0.29) is 0 Å².